The number of anilines is 2. The molecule has 0 atom stereocenters. The first-order valence-corrected chi connectivity index (χ1v) is 7.80. The first-order chi connectivity index (χ1) is 10.2. The lowest BCUT2D eigenvalue weighted by Crippen LogP contribution is -2.48. The van der Waals surface area contributed by atoms with E-state index in [0.29, 0.717) is 19.0 Å². The summed E-state index contributed by atoms with van der Waals surface area (Å²) in [6, 6.07) is 1.90. The molecule has 1 aliphatic rings. The van der Waals surface area contributed by atoms with E-state index in [1.54, 1.807) is 0 Å². The molecule has 6 nitrogen and oxygen atoms in total. The van der Waals surface area contributed by atoms with Gasteiger partial charge in [-0.2, -0.15) is 0 Å². The summed E-state index contributed by atoms with van der Waals surface area (Å²) in [4.78, 5) is 8.95. The average Bonchev–Trinajstić information content (AvgIpc) is 2.46. The van der Waals surface area contributed by atoms with Gasteiger partial charge in [0, 0.05) is 19.2 Å². The fourth-order valence-corrected chi connectivity index (χ4v) is 2.36. The number of aliphatic hydroxyl groups is 1. The molecule has 1 aromatic heterocycles. The molecule has 0 aliphatic heterocycles. The number of nitrogens with one attached hydrogen (secondary N) is 2. The quantitative estimate of drug-likeness (QED) is 0.648. The minimum absolute atomic E-state index is 0.134. The zero-order valence-electron chi connectivity index (χ0n) is 13.0. The molecule has 0 saturated heterocycles. The second kappa shape index (κ2) is 7.56. The highest BCUT2D eigenvalue weighted by Gasteiger charge is 2.36. The van der Waals surface area contributed by atoms with Crippen LogP contribution in [0.3, 0.4) is 0 Å². The van der Waals surface area contributed by atoms with Crippen LogP contribution in [0.15, 0.2) is 6.07 Å². The molecule has 0 bridgehead atoms. The van der Waals surface area contributed by atoms with Crippen molar-refractivity contribution in [1.29, 1.82) is 0 Å². The van der Waals surface area contributed by atoms with Crippen molar-refractivity contribution in [3.05, 3.63) is 11.9 Å². The second-order valence-corrected chi connectivity index (χ2v) is 5.54. The Balaban J connectivity index is 2.13. The van der Waals surface area contributed by atoms with Crippen LogP contribution in [0, 0.1) is 0 Å². The molecule has 3 N–H and O–H groups in total. The Hall–Kier alpha value is -1.40. The molecule has 0 spiro atoms. The van der Waals surface area contributed by atoms with E-state index < -0.39 is 0 Å². The van der Waals surface area contributed by atoms with Crippen molar-refractivity contribution in [2.45, 2.75) is 51.7 Å². The maximum Gasteiger partial charge on any atom is 0.158 e. The molecule has 1 aliphatic carbocycles. The molecule has 0 radical (unpaired) electrons. The van der Waals surface area contributed by atoms with Gasteiger partial charge < -0.3 is 20.5 Å². The monoisotopic (exact) mass is 294 g/mol. The Bertz CT molecular complexity index is 418. The van der Waals surface area contributed by atoms with Crippen molar-refractivity contribution in [2.24, 2.45) is 0 Å². The van der Waals surface area contributed by atoms with Crippen molar-refractivity contribution >= 4 is 11.6 Å². The van der Waals surface area contributed by atoms with Crippen molar-refractivity contribution in [3.63, 3.8) is 0 Å². The number of ether oxygens (including phenoxy) is 1. The third-order valence-corrected chi connectivity index (χ3v) is 3.77. The lowest BCUT2D eigenvalue weighted by Gasteiger charge is -2.41. The van der Waals surface area contributed by atoms with E-state index in [4.69, 9.17) is 4.74 Å². The number of nitrogens with zero attached hydrogens (tertiary/aromatic N) is 2. The summed E-state index contributed by atoms with van der Waals surface area (Å²) in [5, 5.41) is 16.2. The molecule has 21 heavy (non-hydrogen) atoms. The summed E-state index contributed by atoms with van der Waals surface area (Å²) in [5.74, 6) is 2.22. The van der Waals surface area contributed by atoms with E-state index in [2.05, 4.69) is 27.5 Å². The second-order valence-electron chi connectivity index (χ2n) is 5.54. The first kappa shape index (κ1) is 16.0. The molecule has 0 amide bonds. The molecular weight excluding hydrogens is 268 g/mol. The number of aromatic nitrogens is 2. The zero-order chi connectivity index (χ0) is 15.1. The van der Waals surface area contributed by atoms with E-state index in [-0.39, 0.29) is 12.1 Å². The van der Waals surface area contributed by atoms with Gasteiger partial charge >= 0.3 is 0 Å². The number of hydrogen-bond acceptors (Lipinski definition) is 6. The molecule has 1 aromatic rings. The lowest BCUT2D eigenvalue weighted by atomic mass is 9.77. The van der Waals surface area contributed by atoms with Crippen LogP contribution in [0.4, 0.5) is 11.6 Å². The first-order valence-electron chi connectivity index (χ1n) is 7.80. The topological polar surface area (TPSA) is 79.3 Å². The van der Waals surface area contributed by atoms with Crippen molar-refractivity contribution in [3.8, 4) is 0 Å². The number of hydrogen-bond donors (Lipinski definition) is 3. The zero-order valence-corrected chi connectivity index (χ0v) is 13.0. The third kappa shape index (κ3) is 4.28. The Kier molecular flexibility index (Phi) is 5.76. The number of aliphatic hydroxyl groups excluding tert-OH is 1. The minimum atomic E-state index is -0.209. The van der Waals surface area contributed by atoms with Gasteiger partial charge in [0.2, 0.25) is 0 Å². The summed E-state index contributed by atoms with van der Waals surface area (Å²) in [7, 11) is 0. The summed E-state index contributed by atoms with van der Waals surface area (Å²) in [6.45, 7) is 6.11. The summed E-state index contributed by atoms with van der Waals surface area (Å²) in [6.07, 6.45) is 4.14. The van der Waals surface area contributed by atoms with E-state index in [9.17, 15) is 5.11 Å². The van der Waals surface area contributed by atoms with Gasteiger partial charge in [-0.25, -0.2) is 9.97 Å². The van der Waals surface area contributed by atoms with Crippen molar-refractivity contribution in [1.82, 2.24) is 9.97 Å². The Morgan fingerprint density at radius 3 is 2.62 bits per heavy atom. The van der Waals surface area contributed by atoms with Gasteiger partial charge in [-0.05, 0) is 32.6 Å². The molecule has 1 heterocycles. The standard InChI is InChI=1S/C15H26N4O2/c1-3-8-16-12-9-13(18-14(17-12)10-21-4-2)19-15(11-20)6-5-7-15/h9,20H,3-8,10-11H2,1-2H3,(H2,16,17,18,19). The minimum Gasteiger partial charge on any atom is -0.394 e. The molecule has 0 unspecified atom stereocenters. The smallest absolute Gasteiger partial charge is 0.158 e. The molecule has 0 aromatic carbocycles. The highest BCUT2D eigenvalue weighted by molar-refractivity contribution is 5.49. The van der Waals surface area contributed by atoms with Gasteiger partial charge in [-0.15, -0.1) is 0 Å². The van der Waals surface area contributed by atoms with Crippen LogP contribution in [0.2, 0.25) is 0 Å². The fourth-order valence-electron chi connectivity index (χ4n) is 2.36. The van der Waals surface area contributed by atoms with Gasteiger partial charge in [0.1, 0.15) is 18.2 Å². The van der Waals surface area contributed by atoms with Crippen molar-refractivity contribution < 1.29 is 9.84 Å². The predicted octanol–water partition coefficient (Wildman–Crippen LogP) is 2.16. The highest BCUT2D eigenvalue weighted by Crippen LogP contribution is 2.34. The summed E-state index contributed by atoms with van der Waals surface area (Å²) < 4.78 is 5.40. The number of rotatable bonds is 9. The van der Waals surface area contributed by atoms with Gasteiger partial charge in [0.05, 0.1) is 12.1 Å². The third-order valence-electron chi connectivity index (χ3n) is 3.77. The van der Waals surface area contributed by atoms with E-state index in [1.165, 1.54) is 0 Å². The van der Waals surface area contributed by atoms with Crippen LogP contribution >= 0.6 is 0 Å². The maximum atomic E-state index is 9.57. The Morgan fingerprint density at radius 1 is 1.29 bits per heavy atom. The summed E-state index contributed by atoms with van der Waals surface area (Å²) >= 11 is 0. The summed E-state index contributed by atoms with van der Waals surface area (Å²) in [5.41, 5.74) is -0.209. The van der Waals surface area contributed by atoms with Gasteiger partial charge in [-0.1, -0.05) is 6.92 Å². The predicted molar refractivity (Wildman–Crippen MR) is 83.4 cm³/mol. The molecular formula is C15H26N4O2. The molecule has 6 heteroatoms. The van der Waals surface area contributed by atoms with Gasteiger partial charge in [-0.3, -0.25) is 0 Å². The Labute approximate surface area is 126 Å². The molecule has 2 rings (SSSR count). The van der Waals surface area contributed by atoms with Crippen molar-refractivity contribution in [2.75, 3.05) is 30.4 Å². The van der Waals surface area contributed by atoms with Crippen LogP contribution in [0.25, 0.3) is 0 Å². The molecule has 1 fully saturated rings. The van der Waals surface area contributed by atoms with Crippen LogP contribution in [-0.2, 0) is 11.3 Å². The van der Waals surface area contributed by atoms with E-state index >= 15 is 0 Å². The highest BCUT2D eigenvalue weighted by atomic mass is 16.5. The van der Waals surface area contributed by atoms with E-state index in [1.807, 2.05) is 13.0 Å². The van der Waals surface area contributed by atoms with Gasteiger partial charge in [0.25, 0.3) is 0 Å². The molecule has 118 valence electrons. The van der Waals surface area contributed by atoms with Crippen LogP contribution in [0.5, 0.6) is 0 Å². The maximum absolute atomic E-state index is 9.57. The fraction of sp³-hybridized carbons (Fsp3) is 0.733. The Morgan fingerprint density at radius 2 is 2.05 bits per heavy atom. The van der Waals surface area contributed by atoms with Crippen LogP contribution < -0.4 is 10.6 Å². The van der Waals surface area contributed by atoms with E-state index in [0.717, 1.165) is 43.9 Å². The lowest BCUT2D eigenvalue weighted by molar-refractivity contribution is 0.128. The SMILES string of the molecule is CCCNc1cc(NC2(CO)CCC2)nc(COCC)n1. The van der Waals surface area contributed by atoms with Crippen LogP contribution in [0.1, 0.15) is 45.4 Å². The normalized spacial score (nSPS) is 16.3. The van der Waals surface area contributed by atoms with Gasteiger partial charge in [0.15, 0.2) is 5.82 Å². The average molecular weight is 294 g/mol. The largest absolute Gasteiger partial charge is 0.394 e. The molecule has 1 saturated carbocycles. The van der Waals surface area contributed by atoms with Crippen LogP contribution in [-0.4, -0.2) is 40.4 Å².